The van der Waals surface area contributed by atoms with Gasteiger partial charge in [-0.2, -0.15) is 0 Å². The number of hydrogen-bond acceptors (Lipinski definition) is 4. The number of nitrogens with one attached hydrogen (secondary N) is 1. The van der Waals surface area contributed by atoms with E-state index in [2.05, 4.69) is 9.97 Å². The number of aliphatic carboxylic acids is 1. The zero-order chi connectivity index (χ0) is 12.6. The third kappa shape index (κ3) is 2.61. The van der Waals surface area contributed by atoms with Crippen LogP contribution in [0, 0.1) is 0 Å². The van der Waals surface area contributed by atoms with E-state index < -0.39 is 11.8 Å². The van der Waals surface area contributed by atoms with E-state index in [1.807, 2.05) is 0 Å². The predicted octanol–water partition coefficient (Wildman–Crippen LogP) is 1.11. The van der Waals surface area contributed by atoms with Crippen molar-refractivity contribution in [3.05, 3.63) is 23.1 Å². The Morgan fingerprint density at radius 2 is 2.17 bits per heavy atom. The molecule has 0 atom stereocenters. The van der Waals surface area contributed by atoms with E-state index in [0.717, 1.165) is 0 Å². The summed E-state index contributed by atoms with van der Waals surface area (Å²) in [5, 5.41) is 9.16. The van der Waals surface area contributed by atoms with Crippen LogP contribution in [0.15, 0.2) is 12.4 Å². The number of carbonyl (C=O) groups is 2. The number of carboxylic acids is 1. The van der Waals surface area contributed by atoms with Crippen LogP contribution in [0.25, 0.3) is 10.9 Å². The summed E-state index contributed by atoms with van der Waals surface area (Å²) in [6.07, 6.45) is 2.61. The first kappa shape index (κ1) is 15.6. The number of fused-ring (bicyclic) bond motifs is 1. The second-order valence-electron chi connectivity index (χ2n) is 3.20. The smallest absolute Gasteiger partial charge is 0.377 e. The van der Waals surface area contributed by atoms with Crippen LogP contribution in [0.2, 0.25) is 5.15 Å². The zero-order valence-electron chi connectivity index (χ0n) is 9.65. The first-order chi connectivity index (χ1) is 8.06. The molecule has 0 saturated heterocycles. The van der Waals surface area contributed by atoms with Crippen molar-refractivity contribution < 1.29 is 19.4 Å². The molecular formula is C10H7ClKN2O4. The van der Waals surface area contributed by atoms with Crippen molar-refractivity contribution in [1.82, 2.24) is 9.97 Å². The number of aromatic amines is 1. The fourth-order valence-electron chi connectivity index (χ4n) is 1.54. The molecule has 2 heterocycles. The molecule has 0 bridgehead atoms. The Bertz CT molecular complexity index is 626. The minimum absolute atomic E-state index is 0. The molecule has 0 unspecified atom stereocenters. The van der Waals surface area contributed by atoms with E-state index in [-0.39, 0.29) is 67.9 Å². The molecule has 0 fully saturated rings. The standard InChI is InChI=1S/C10H7ClN2O4.K/c1-17-5-3-13-9(11)7-6(5)4(2-12-7)8(14)10(15)16;/h2-3,12H,1H3,(H,15,16);. The number of H-pyrrole nitrogens is 1. The number of carbonyl (C=O) groups excluding carboxylic acids is 1. The maximum Gasteiger partial charge on any atom is 0.377 e. The summed E-state index contributed by atoms with van der Waals surface area (Å²) >= 11 is 5.83. The number of aromatic nitrogens is 2. The maximum atomic E-state index is 11.5. The first-order valence-corrected chi connectivity index (χ1v) is 4.91. The van der Waals surface area contributed by atoms with Crippen molar-refractivity contribution in [2.75, 3.05) is 7.11 Å². The number of ether oxygens (including phenoxy) is 1. The van der Waals surface area contributed by atoms with Gasteiger partial charge in [0.25, 0.3) is 5.78 Å². The Labute approximate surface area is 149 Å². The average Bonchev–Trinajstić information content (AvgIpc) is 2.74. The topological polar surface area (TPSA) is 92.3 Å². The number of nitrogens with zero attached hydrogens (tertiary/aromatic N) is 1. The Kier molecular flexibility index (Phi) is 5.32. The van der Waals surface area contributed by atoms with E-state index in [9.17, 15) is 9.59 Å². The van der Waals surface area contributed by atoms with Gasteiger partial charge in [0, 0.05) is 57.6 Å². The summed E-state index contributed by atoms with van der Waals surface area (Å²) < 4.78 is 5.03. The number of carboxylic acid groups (broad SMARTS) is 1. The van der Waals surface area contributed by atoms with Gasteiger partial charge in [-0.25, -0.2) is 9.78 Å². The van der Waals surface area contributed by atoms with Gasteiger partial charge in [0.1, 0.15) is 5.75 Å². The van der Waals surface area contributed by atoms with Crippen molar-refractivity contribution >= 4 is 85.6 Å². The molecule has 0 aliphatic carbocycles. The van der Waals surface area contributed by atoms with E-state index in [0.29, 0.717) is 10.9 Å². The molecule has 0 amide bonds. The summed E-state index contributed by atoms with van der Waals surface area (Å²) in [6.45, 7) is 0. The fraction of sp³-hybridized carbons (Fsp3) is 0.100. The number of methoxy groups -OCH3 is 1. The Balaban J connectivity index is 0.00000162. The Hall–Kier alpha value is -0.444. The van der Waals surface area contributed by atoms with Crippen LogP contribution >= 0.6 is 11.6 Å². The number of pyridine rings is 1. The summed E-state index contributed by atoms with van der Waals surface area (Å²) in [5.41, 5.74) is 0.365. The summed E-state index contributed by atoms with van der Waals surface area (Å²) in [6, 6.07) is 0. The average molecular weight is 294 g/mol. The number of halogens is 1. The van der Waals surface area contributed by atoms with E-state index in [1.165, 1.54) is 19.5 Å². The van der Waals surface area contributed by atoms with Gasteiger partial charge in [0.2, 0.25) is 0 Å². The van der Waals surface area contributed by atoms with Gasteiger partial charge in [-0.15, -0.1) is 0 Å². The minimum atomic E-state index is -1.54. The van der Waals surface area contributed by atoms with Crippen LogP contribution in [-0.4, -0.2) is 85.3 Å². The SMILES string of the molecule is COc1cnc(Cl)c2[nH]cc(C(=O)C(=O)O)c12.[K]. The second-order valence-corrected chi connectivity index (χ2v) is 3.56. The van der Waals surface area contributed by atoms with Gasteiger partial charge in [-0.3, -0.25) is 4.79 Å². The molecular weight excluding hydrogens is 287 g/mol. The molecule has 2 N–H and O–H groups in total. The second kappa shape index (κ2) is 6.13. The number of Topliss-reactive ketones (excluding diaryl/α,β-unsaturated/α-hetero) is 1. The molecule has 2 aromatic heterocycles. The monoisotopic (exact) mass is 293 g/mol. The molecule has 8 heteroatoms. The van der Waals surface area contributed by atoms with Crippen LogP contribution in [0.1, 0.15) is 10.4 Å². The summed E-state index contributed by atoms with van der Waals surface area (Å²) in [7, 11) is 1.40. The van der Waals surface area contributed by atoms with Gasteiger partial charge in [0.05, 0.1) is 29.8 Å². The molecule has 1 radical (unpaired) electrons. The third-order valence-corrected chi connectivity index (χ3v) is 2.57. The molecule has 0 aromatic carbocycles. The van der Waals surface area contributed by atoms with E-state index in [1.54, 1.807) is 0 Å². The van der Waals surface area contributed by atoms with E-state index >= 15 is 0 Å². The predicted molar refractivity (Wildman–Crippen MR) is 65.4 cm³/mol. The number of hydrogen-bond donors (Lipinski definition) is 2. The summed E-state index contributed by atoms with van der Waals surface area (Å²) in [5.74, 6) is -2.28. The molecule has 0 aliphatic rings. The molecule has 2 rings (SSSR count). The van der Waals surface area contributed by atoms with Gasteiger partial charge in [-0.1, -0.05) is 11.6 Å². The van der Waals surface area contributed by atoms with Crippen LogP contribution in [0.5, 0.6) is 5.75 Å². The zero-order valence-corrected chi connectivity index (χ0v) is 13.5. The third-order valence-electron chi connectivity index (χ3n) is 2.29. The quantitative estimate of drug-likeness (QED) is 0.383. The molecule has 0 aliphatic heterocycles. The summed E-state index contributed by atoms with van der Waals surface area (Å²) in [4.78, 5) is 28.7. The molecule has 89 valence electrons. The van der Waals surface area contributed by atoms with Crippen molar-refractivity contribution in [3.8, 4) is 5.75 Å². The van der Waals surface area contributed by atoms with Gasteiger partial charge < -0.3 is 14.8 Å². The Morgan fingerprint density at radius 3 is 2.72 bits per heavy atom. The van der Waals surface area contributed by atoms with Crippen LogP contribution in [0.4, 0.5) is 0 Å². The molecule has 6 nitrogen and oxygen atoms in total. The maximum absolute atomic E-state index is 11.5. The van der Waals surface area contributed by atoms with Gasteiger partial charge >= 0.3 is 5.97 Å². The van der Waals surface area contributed by atoms with Crippen LogP contribution in [-0.2, 0) is 4.79 Å². The molecule has 2 aromatic rings. The van der Waals surface area contributed by atoms with Crippen molar-refractivity contribution in [2.24, 2.45) is 0 Å². The van der Waals surface area contributed by atoms with Crippen LogP contribution < -0.4 is 4.74 Å². The number of rotatable bonds is 3. The normalized spacial score (nSPS) is 9.89. The largest absolute Gasteiger partial charge is 0.494 e. The van der Waals surface area contributed by atoms with E-state index in [4.69, 9.17) is 21.4 Å². The van der Waals surface area contributed by atoms with Crippen molar-refractivity contribution in [3.63, 3.8) is 0 Å². The Morgan fingerprint density at radius 1 is 1.50 bits per heavy atom. The van der Waals surface area contributed by atoms with Gasteiger partial charge in [-0.05, 0) is 0 Å². The van der Waals surface area contributed by atoms with Crippen molar-refractivity contribution in [2.45, 2.75) is 0 Å². The molecule has 0 saturated carbocycles. The molecule has 18 heavy (non-hydrogen) atoms. The molecule has 0 spiro atoms. The first-order valence-electron chi connectivity index (χ1n) is 4.53. The number of ketones is 1. The van der Waals surface area contributed by atoms with Crippen LogP contribution in [0.3, 0.4) is 0 Å². The van der Waals surface area contributed by atoms with Crippen molar-refractivity contribution in [1.29, 1.82) is 0 Å². The minimum Gasteiger partial charge on any atom is -0.494 e. The van der Waals surface area contributed by atoms with Gasteiger partial charge in [0.15, 0.2) is 5.15 Å². The fourth-order valence-corrected chi connectivity index (χ4v) is 1.73.